The lowest BCUT2D eigenvalue weighted by atomic mass is 10.1. The van der Waals surface area contributed by atoms with Crippen molar-refractivity contribution in [3.63, 3.8) is 0 Å². The second-order valence-electron chi connectivity index (χ2n) is 5.64. The van der Waals surface area contributed by atoms with Gasteiger partial charge in [-0.05, 0) is 43.2 Å². The maximum atomic E-state index is 12.4. The van der Waals surface area contributed by atoms with E-state index < -0.39 is 11.9 Å². The van der Waals surface area contributed by atoms with Gasteiger partial charge in [-0.15, -0.1) is 11.3 Å². The molecular formula is C19H16N2O3S. The molecule has 3 aromatic rings. The van der Waals surface area contributed by atoms with Crippen molar-refractivity contribution in [1.82, 2.24) is 4.98 Å². The fourth-order valence-corrected chi connectivity index (χ4v) is 3.11. The zero-order valence-electron chi connectivity index (χ0n) is 13.7. The second-order valence-corrected chi connectivity index (χ2v) is 6.50. The smallest absolute Gasteiger partial charge is 0.336 e. The number of hydrogen-bond acceptors (Lipinski definition) is 4. The molecule has 6 heteroatoms. The first kappa shape index (κ1) is 16.9. The van der Waals surface area contributed by atoms with Crippen LogP contribution in [0.5, 0.6) is 0 Å². The number of aromatic carboxylic acids is 1. The van der Waals surface area contributed by atoms with E-state index in [0.717, 1.165) is 11.3 Å². The largest absolute Gasteiger partial charge is 0.478 e. The Balaban J connectivity index is 1.83. The molecule has 25 heavy (non-hydrogen) atoms. The molecular weight excluding hydrogens is 336 g/mol. The lowest BCUT2D eigenvalue weighted by Gasteiger charge is -2.05. The minimum Gasteiger partial charge on any atom is -0.478 e. The van der Waals surface area contributed by atoms with Crippen LogP contribution in [0.4, 0.5) is 5.13 Å². The number of carboxylic acid groups (broad SMARTS) is 1. The third-order valence-electron chi connectivity index (χ3n) is 3.93. The minimum atomic E-state index is -1.14. The lowest BCUT2D eigenvalue weighted by Crippen LogP contribution is -2.16. The van der Waals surface area contributed by atoms with Crippen molar-refractivity contribution in [2.24, 2.45) is 0 Å². The van der Waals surface area contributed by atoms with Crippen LogP contribution in [0.25, 0.3) is 11.3 Å². The molecule has 3 rings (SSSR count). The predicted octanol–water partition coefficient (Wildman–Crippen LogP) is 4.38. The average molecular weight is 352 g/mol. The first-order valence-electron chi connectivity index (χ1n) is 7.62. The van der Waals surface area contributed by atoms with Crippen LogP contribution in [0.15, 0.2) is 47.8 Å². The number of anilines is 1. The zero-order chi connectivity index (χ0) is 18.0. The van der Waals surface area contributed by atoms with Gasteiger partial charge in [0.2, 0.25) is 0 Å². The Kier molecular flexibility index (Phi) is 4.63. The van der Waals surface area contributed by atoms with Crippen LogP contribution in [0.3, 0.4) is 0 Å². The number of rotatable bonds is 4. The summed E-state index contributed by atoms with van der Waals surface area (Å²) < 4.78 is 0. The molecule has 1 amide bonds. The number of nitrogens with zero attached hydrogens (tertiary/aromatic N) is 1. The van der Waals surface area contributed by atoms with Gasteiger partial charge in [0.1, 0.15) is 0 Å². The van der Waals surface area contributed by atoms with Crippen LogP contribution < -0.4 is 5.32 Å². The number of benzene rings is 2. The van der Waals surface area contributed by atoms with Gasteiger partial charge >= 0.3 is 5.97 Å². The van der Waals surface area contributed by atoms with Crippen LogP contribution in [-0.4, -0.2) is 22.0 Å². The molecule has 0 aliphatic carbocycles. The van der Waals surface area contributed by atoms with E-state index in [1.54, 1.807) is 12.1 Å². The summed E-state index contributed by atoms with van der Waals surface area (Å²) in [7, 11) is 0. The van der Waals surface area contributed by atoms with E-state index in [1.807, 2.05) is 31.4 Å². The molecule has 0 aliphatic rings. The number of carbonyl (C=O) groups excluding carboxylic acids is 1. The van der Waals surface area contributed by atoms with Crippen molar-refractivity contribution >= 4 is 28.3 Å². The Morgan fingerprint density at radius 3 is 2.44 bits per heavy atom. The second kappa shape index (κ2) is 6.86. The first-order chi connectivity index (χ1) is 12.0. The molecule has 0 bridgehead atoms. The monoisotopic (exact) mass is 352 g/mol. The number of aromatic nitrogens is 1. The highest BCUT2D eigenvalue weighted by molar-refractivity contribution is 7.14. The van der Waals surface area contributed by atoms with Gasteiger partial charge in [-0.25, -0.2) is 9.78 Å². The number of carboxylic acids is 1. The van der Waals surface area contributed by atoms with Crippen molar-refractivity contribution in [2.45, 2.75) is 13.8 Å². The molecule has 5 nitrogen and oxygen atoms in total. The van der Waals surface area contributed by atoms with E-state index in [4.69, 9.17) is 0 Å². The van der Waals surface area contributed by atoms with Crippen LogP contribution in [0.2, 0.25) is 0 Å². The Morgan fingerprint density at radius 1 is 1.04 bits per heavy atom. The van der Waals surface area contributed by atoms with Crippen molar-refractivity contribution in [3.05, 3.63) is 70.1 Å². The number of thiazole rings is 1. The molecule has 0 spiro atoms. The van der Waals surface area contributed by atoms with Crippen LogP contribution in [0.1, 0.15) is 31.8 Å². The molecule has 1 heterocycles. The highest BCUT2D eigenvalue weighted by atomic mass is 32.1. The van der Waals surface area contributed by atoms with Gasteiger partial charge < -0.3 is 5.11 Å². The Bertz CT molecular complexity index is 963. The zero-order valence-corrected chi connectivity index (χ0v) is 14.6. The van der Waals surface area contributed by atoms with Crippen molar-refractivity contribution in [3.8, 4) is 11.3 Å². The van der Waals surface area contributed by atoms with Gasteiger partial charge in [0.25, 0.3) is 5.91 Å². The maximum absolute atomic E-state index is 12.4. The van der Waals surface area contributed by atoms with Crippen LogP contribution >= 0.6 is 11.3 Å². The fourth-order valence-electron chi connectivity index (χ4n) is 2.40. The quantitative estimate of drug-likeness (QED) is 0.730. The summed E-state index contributed by atoms with van der Waals surface area (Å²) in [5.74, 6) is -1.63. The highest BCUT2D eigenvalue weighted by Gasteiger charge is 2.17. The number of aryl methyl sites for hydroxylation is 2. The number of amides is 1. The number of carbonyl (C=O) groups is 2. The molecule has 0 radical (unpaired) electrons. The van der Waals surface area contributed by atoms with E-state index in [9.17, 15) is 14.7 Å². The molecule has 0 saturated carbocycles. The summed E-state index contributed by atoms with van der Waals surface area (Å²) in [6.45, 7) is 4.09. The van der Waals surface area contributed by atoms with Gasteiger partial charge in [-0.2, -0.15) is 0 Å². The molecule has 2 N–H and O–H groups in total. The van der Waals surface area contributed by atoms with Gasteiger partial charge in [-0.1, -0.05) is 24.3 Å². The van der Waals surface area contributed by atoms with Gasteiger partial charge in [0, 0.05) is 10.9 Å². The molecule has 0 unspecified atom stereocenters. The standard InChI is InChI=1S/C19H16N2O3S/c1-11-7-8-13(9-12(11)2)16-10-25-19(20-16)21-17(22)14-5-3-4-6-15(14)18(23)24/h3-10H,1-2H3,(H,23,24)(H,20,21,22). The summed E-state index contributed by atoms with van der Waals surface area (Å²) in [6, 6.07) is 12.2. The van der Waals surface area contributed by atoms with E-state index in [0.29, 0.717) is 5.13 Å². The van der Waals surface area contributed by atoms with Crippen molar-refractivity contribution < 1.29 is 14.7 Å². The summed E-state index contributed by atoms with van der Waals surface area (Å²) in [5.41, 5.74) is 4.20. The molecule has 0 aliphatic heterocycles. The molecule has 0 atom stereocenters. The van der Waals surface area contributed by atoms with E-state index in [2.05, 4.69) is 16.4 Å². The molecule has 1 aromatic heterocycles. The van der Waals surface area contributed by atoms with Crippen molar-refractivity contribution in [1.29, 1.82) is 0 Å². The third kappa shape index (κ3) is 3.59. The first-order valence-corrected chi connectivity index (χ1v) is 8.50. The maximum Gasteiger partial charge on any atom is 0.336 e. The molecule has 126 valence electrons. The predicted molar refractivity (Wildman–Crippen MR) is 98.4 cm³/mol. The topological polar surface area (TPSA) is 79.3 Å². The van der Waals surface area contributed by atoms with E-state index in [-0.39, 0.29) is 11.1 Å². The Hall–Kier alpha value is -2.99. The van der Waals surface area contributed by atoms with Crippen LogP contribution in [0, 0.1) is 13.8 Å². The van der Waals surface area contributed by atoms with E-state index >= 15 is 0 Å². The average Bonchev–Trinajstić information content (AvgIpc) is 3.05. The summed E-state index contributed by atoms with van der Waals surface area (Å²) in [6.07, 6.45) is 0. The number of hydrogen-bond donors (Lipinski definition) is 2. The third-order valence-corrected chi connectivity index (χ3v) is 4.69. The summed E-state index contributed by atoms with van der Waals surface area (Å²) in [5, 5.41) is 14.2. The number of nitrogens with one attached hydrogen (secondary N) is 1. The Morgan fingerprint density at radius 2 is 1.76 bits per heavy atom. The minimum absolute atomic E-state index is 0.0362. The van der Waals surface area contributed by atoms with Crippen LogP contribution in [-0.2, 0) is 0 Å². The van der Waals surface area contributed by atoms with Gasteiger partial charge in [0.05, 0.1) is 16.8 Å². The van der Waals surface area contributed by atoms with Gasteiger partial charge in [0.15, 0.2) is 5.13 Å². The SMILES string of the molecule is Cc1ccc(-c2csc(NC(=O)c3ccccc3C(=O)O)n2)cc1C. The van der Waals surface area contributed by atoms with Gasteiger partial charge in [-0.3, -0.25) is 10.1 Å². The Labute approximate surface area is 149 Å². The lowest BCUT2D eigenvalue weighted by molar-refractivity contribution is 0.0692. The normalized spacial score (nSPS) is 10.5. The summed E-state index contributed by atoms with van der Waals surface area (Å²) >= 11 is 1.30. The molecule has 0 saturated heterocycles. The highest BCUT2D eigenvalue weighted by Crippen LogP contribution is 2.27. The van der Waals surface area contributed by atoms with E-state index in [1.165, 1.54) is 34.6 Å². The fraction of sp³-hybridized carbons (Fsp3) is 0.105. The molecule has 0 fully saturated rings. The van der Waals surface area contributed by atoms with Crippen molar-refractivity contribution in [2.75, 3.05) is 5.32 Å². The molecule has 2 aromatic carbocycles. The summed E-state index contributed by atoms with van der Waals surface area (Å²) in [4.78, 5) is 28.0.